The summed E-state index contributed by atoms with van der Waals surface area (Å²) in [6.45, 7) is 1.90. The predicted octanol–water partition coefficient (Wildman–Crippen LogP) is 3.97. The standard InChI is InChI=1S/C19H21N3O4/c1-12(14-7-6-13-4-3-5-15(13)10-14)20-19(23)21-17-11-16(22(24)25)8-9-18(17)26-2/h6-12H,3-5H2,1-2H3,(H2,20,21,23)/t12-/m1/s1. The molecule has 0 fully saturated rings. The summed E-state index contributed by atoms with van der Waals surface area (Å²) >= 11 is 0. The quantitative estimate of drug-likeness (QED) is 0.627. The van der Waals surface area contributed by atoms with Crippen LogP contribution in [0.15, 0.2) is 36.4 Å². The maximum Gasteiger partial charge on any atom is 0.319 e. The highest BCUT2D eigenvalue weighted by atomic mass is 16.6. The molecule has 1 aliphatic rings. The van der Waals surface area contributed by atoms with Gasteiger partial charge >= 0.3 is 6.03 Å². The van der Waals surface area contributed by atoms with Crippen molar-refractivity contribution in [1.29, 1.82) is 0 Å². The molecule has 2 N–H and O–H groups in total. The van der Waals surface area contributed by atoms with Gasteiger partial charge in [0.1, 0.15) is 5.75 Å². The lowest BCUT2D eigenvalue weighted by Crippen LogP contribution is -2.31. The molecular weight excluding hydrogens is 334 g/mol. The Bertz CT molecular complexity index is 851. The minimum absolute atomic E-state index is 0.118. The number of methoxy groups -OCH3 is 1. The van der Waals surface area contributed by atoms with Crippen LogP contribution < -0.4 is 15.4 Å². The number of carbonyl (C=O) groups is 1. The van der Waals surface area contributed by atoms with Crippen LogP contribution in [0.1, 0.15) is 36.1 Å². The van der Waals surface area contributed by atoms with Gasteiger partial charge in [-0.15, -0.1) is 0 Å². The van der Waals surface area contributed by atoms with E-state index in [9.17, 15) is 14.9 Å². The van der Waals surface area contributed by atoms with Crippen LogP contribution in [-0.4, -0.2) is 18.1 Å². The summed E-state index contributed by atoms with van der Waals surface area (Å²) in [5.74, 6) is 0.357. The first-order valence-corrected chi connectivity index (χ1v) is 8.49. The lowest BCUT2D eigenvalue weighted by atomic mass is 10.0. The van der Waals surface area contributed by atoms with E-state index in [1.165, 1.54) is 42.9 Å². The molecule has 136 valence electrons. The van der Waals surface area contributed by atoms with Crippen molar-refractivity contribution in [2.75, 3.05) is 12.4 Å². The summed E-state index contributed by atoms with van der Waals surface area (Å²) in [4.78, 5) is 22.7. The van der Waals surface area contributed by atoms with Gasteiger partial charge in [0.25, 0.3) is 5.69 Å². The fourth-order valence-corrected chi connectivity index (χ4v) is 3.21. The van der Waals surface area contributed by atoms with Crippen molar-refractivity contribution < 1.29 is 14.5 Å². The number of nitro benzene ring substituents is 1. The summed E-state index contributed by atoms with van der Waals surface area (Å²) in [7, 11) is 1.44. The summed E-state index contributed by atoms with van der Waals surface area (Å²) in [6, 6.07) is 9.72. The Hall–Kier alpha value is -3.09. The number of hydrogen-bond donors (Lipinski definition) is 2. The van der Waals surface area contributed by atoms with E-state index in [1.54, 1.807) is 0 Å². The number of rotatable bonds is 5. The Balaban J connectivity index is 1.70. The molecule has 0 aliphatic heterocycles. The summed E-state index contributed by atoms with van der Waals surface area (Å²) in [6.07, 6.45) is 3.37. The van der Waals surface area contributed by atoms with Crippen LogP contribution in [0.25, 0.3) is 0 Å². The summed E-state index contributed by atoms with van der Waals surface area (Å²) in [5.41, 5.74) is 3.89. The molecule has 26 heavy (non-hydrogen) atoms. The lowest BCUT2D eigenvalue weighted by Gasteiger charge is -2.17. The third kappa shape index (κ3) is 3.77. The van der Waals surface area contributed by atoms with Crippen molar-refractivity contribution in [3.05, 3.63) is 63.2 Å². The van der Waals surface area contributed by atoms with Gasteiger partial charge in [-0.25, -0.2) is 4.79 Å². The smallest absolute Gasteiger partial charge is 0.319 e. The Labute approximate surface area is 151 Å². The Morgan fingerprint density at radius 3 is 2.69 bits per heavy atom. The highest BCUT2D eigenvalue weighted by molar-refractivity contribution is 5.91. The predicted molar refractivity (Wildman–Crippen MR) is 98.7 cm³/mol. The van der Waals surface area contributed by atoms with E-state index < -0.39 is 11.0 Å². The number of hydrogen-bond acceptors (Lipinski definition) is 4. The topological polar surface area (TPSA) is 93.5 Å². The van der Waals surface area contributed by atoms with E-state index in [0.717, 1.165) is 18.4 Å². The minimum atomic E-state index is -0.518. The molecule has 2 aromatic carbocycles. The number of fused-ring (bicyclic) bond motifs is 1. The van der Waals surface area contributed by atoms with Crippen molar-refractivity contribution in [3.8, 4) is 5.75 Å². The number of nitro groups is 1. The first-order valence-electron chi connectivity index (χ1n) is 8.49. The number of carbonyl (C=O) groups excluding carboxylic acids is 1. The number of amides is 2. The number of urea groups is 1. The van der Waals surface area contributed by atoms with Crippen molar-refractivity contribution in [3.63, 3.8) is 0 Å². The number of ether oxygens (including phenoxy) is 1. The van der Waals surface area contributed by atoms with Gasteiger partial charge in [0.05, 0.1) is 23.8 Å². The van der Waals surface area contributed by atoms with Gasteiger partial charge in [-0.1, -0.05) is 18.2 Å². The second kappa shape index (κ2) is 7.43. The maximum atomic E-state index is 12.3. The third-order valence-corrected chi connectivity index (χ3v) is 4.61. The molecule has 0 aromatic heterocycles. The fourth-order valence-electron chi connectivity index (χ4n) is 3.21. The average molecular weight is 355 g/mol. The van der Waals surface area contributed by atoms with Crippen LogP contribution in [0.2, 0.25) is 0 Å². The zero-order chi connectivity index (χ0) is 18.7. The van der Waals surface area contributed by atoms with E-state index >= 15 is 0 Å². The molecule has 2 amide bonds. The SMILES string of the molecule is COc1ccc([N+](=O)[O-])cc1NC(=O)N[C@H](C)c1ccc2c(c1)CCC2. The van der Waals surface area contributed by atoms with E-state index in [-0.39, 0.29) is 17.4 Å². The number of benzene rings is 2. The van der Waals surface area contributed by atoms with Crippen molar-refractivity contribution in [2.45, 2.75) is 32.2 Å². The van der Waals surface area contributed by atoms with Gasteiger partial charge in [-0.2, -0.15) is 0 Å². The summed E-state index contributed by atoms with van der Waals surface area (Å²) < 4.78 is 5.16. The van der Waals surface area contributed by atoms with Crippen LogP contribution >= 0.6 is 0 Å². The first kappa shape index (κ1) is 17.7. The second-order valence-electron chi connectivity index (χ2n) is 6.34. The van der Waals surface area contributed by atoms with Crippen LogP contribution in [0.4, 0.5) is 16.2 Å². The largest absolute Gasteiger partial charge is 0.495 e. The van der Waals surface area contributed by atoms with Crippen molar-refractivity contribution >= 4 is 17.4 Å². The van der Waals surface area contributed by atoms with Gasteiger partial charge in [0.2, 0.25) is 0 Å². The van der Waals surface area contributed by atoms with Crippen LogP contribution in [0.3, 0.4) is 0 Å². The van der Waals surface area contributed by atoms with Crippen LogP contribution in [0, 0.1) is 10.1 Å². The molecule has 0 unspecified atom stereocenters. The van der Waals surface area contributed by atoms with Gasteiger partial charge < -0.3 is 15.4 Å². The third-order valence-electron chi connectivity index (χ3n) is 4.61. The average Bonchev–Trinajstić information content (AvgIpc) is 3.09. The zero-order valence-electron chi connectivity index (χ0n) is 14.7. The van der Waals surface area contributed by atoms with Gasteiger partial charge in [0.15, 0.2) is 0 Å². The molecule has 0 radical (unpaired) electrons. The van der Waals surface area contributed by atoms with Crippen LogP contribution in [0.5, 0.6) is 5.75 Å². The molecule has 0 bridgehead atoms. The van der Waals surface area contributed by atoms with Gasteiger partial charge in [0, 0.05) is 12.1 Å². The molecule has 0 saturated heterocycles. The normalized spacial score (nSPS) is 13.6. The van der Waals surface area contributed by atoms with Crippen LogP contribution in [-0.2, 0) is 12.8 Å². The second-order valence-corrected chi connectivity index (χ2v) is 6.34. The van der Waals surface area contributed by atoms with Crippen molar-refractivity contribution in [1.82, 2.24) is 5.32 Å². The Kier molecular flexibility index (Phi) is 5.06. The van der Waals surface area contributed by atoms with Crippen molar-refractivity contribution in [2.24, 2.45) is 0 Å². The molecule has 0 saturated carbocycles. The lowest BCUT2D eigenvalue weighted by molar-refractivity contribution is -0.384. The van der Waals surface area contributed by atoms with E-state index in [2.05, 4.69) is 22.8 Å². The highest BCUT2D eigenvalue weighted by Crippen LogP contribution is 2.29. The molecule has 0 heterocycles. The number of non-ortho nitro benzene ring substituents is 1. The molecular formula is C19H21N3O4. The zero-order valence-corrected chi connectivity index (χ0v) is 14.7. The molecule has 2 aromatic rings. The minimum Gasteiger partial charge on any atom is -0.495 e. The van der Waals surface area contributed by atoms with E-state index in [1.807, 2.05) is 13.0 Å². The monoisotopic (exact) mass is 355 g/mol. The number of nitrogens with zero attached hydrogens (tertiary/aromatic N) is 1. The Morgan fingerprint density at radius 2 is 1.96 bits per heavy atom. The number of anilines is 1. The molecule has 7 nitrogen and oxygen atoms in total. The van der Waals surface area contributed by atoms with E-state index in [0.29, 0.717) is 5.75 Å². The molecule has 1 aliphatic carbocycles. The Morgan fingerprint density at radius 1 is 1.19 bits per heavy atom. The molecule has 0 spiro atoms. The number of aryl methyl sites for hydroxylation is 2. The number of nitrogens with one attached hydrogen (secondary N) is 2. The highest BCUT2D eigenvalue weighted by Gasteiger charge is 2.17. The fraction of sp³-hybridized carbons (Fsp3) is 0.316. The molecule has 1 atom stereocenters. The summed E-state index contributed by atoms with van der Waals surface area (Å²) in [5, 5.41) is 16.4. The van der Waals surface area contributed by atoms with Gasteiger partial charge in [-0.3, -0.25) is 10.1 Å². The van der Waals surface area contributed by atoms with Gasteiger partial charge in [-0.05, 0) is 48.9 Å². The molecule has 3 rings (SSSR count). The van der Waals surface area contributed by atoms with E-state index in [4.69, 9.17) is 4.74 Å². The first-order chi connectivity index (χ1) is 12.5. The maximum absolute atomic E-state index is 12.3. The molecule has 7 heteroatoms.